The molecule has 1 N–H and O–H groups in total. The van der Waals surface area contributed by atoms with Gasteiger partial charge in [-0.15, -0.1) is 11.6 Å². The van der Waals surface area contributed by atoms with Crippen molar-refractivity contribution in [2.24, 2.45) is 0 Å². The molecule has 8 heteroatoms. The summed E-state index contributed by atoms with van der Waals surface area (Å²) in [6, 6.07) is 0. The van der Waals surface area contributed by atoms with E-state index < -0.39 is 29.2 Å². The van der Waals surface area contributed by atoms with Crippen LogP contribution in [0.15, 0.2) is 10.1 Å². The summed E-state index contributed by atoms with van der Waals surface area (Å²) in [6.07, 6.45) is -0.429. The fourth-order valence-electron chi connectivity index (χ4n) is 2.04. The zero-order valence-electron chi connectivity index (χ0n) is 9.41. The van der Waals surface area contributed by atoms with Gasteiger partial charge in [0.15, 0.2) is 0 Å². The first kappa shape index (κ1) is 14.4. The van der Waals surface area contributed by atoms with E-state index in [2.05, 4.69) is 4.74 Å². The molecule has 0 unspecified atom stereocenters. The zero-order valence-corrected chi connectivity index (χ0v) is 11.7. The second kappa shape index (κ2) is 4.81. The third kappa shape index (κ3) is 1.85. The summed E-state index contributed by atoms with van der Waals surface area (Å²) in [7, 11) is 1.20. The Morgan fingerprint density at radius 2 is 2.00 bits per heavy atom. The second-order valence-corrected chi connectivity index (χ2v) is 5.22. The summed E-state index contributed by atoms with van der Waals surface area (Å²) >= 11 is 18.2. The Morgan fingerprint density at radius 3 is 2.50 bits per heavy atom. The fraction of sp³-hybridized carbons (Fsp3) is 0.700. The van der Waals surface area contributed by atoms with Gasteiger partial charge in [-0.3, -0.25) is 4.79 Å². The Balaban J connectivity index is 2.37. The summed E-state index contributed by atoms with van der Waals surface area (Å²) in [6.45, 7) is 0.551. The Morgan fingerprint density at radius 1 is 1.44 bits per heavy atom. The van der Waals surface area contributed by atoms with Gasteiger partial charge in [0.25, 0.3) is 0 Å². The van der Waals surface area contributed by atoms with Gasteiger partial charge in [0.2, 0.25) is 5.79 Å². The normalized spacial score (nSPS) is 34.4. The van der Waals surface area contributed by atoms with Crippen LogP contribution in [0.2, 0.25) is 0 Å². The predicted molar refractivity (Wildman–Crippen MR) is 64.6 cm³/mol. The van der Waals surface area contributed by atoms with E-state index in [9.17, 15) is 9.90 Å². The van der Waals surface area contributed by atoms with Gasteiger partial charge in [-0.25, -0.2) is 0 Å². The number of halogens is 3. The molecule has 1 heterocycles. The third-order valence-corrected chi connectivity index (χ3v) is 4.70. The molecule has 1 saturated heterocycles. The quantitative estimate of drug-likeness (QED) is 0.615. The summed E-state index contributed by atoms with van der Waals surface area (Å²) in [5.74, 6) is -2.15. The molecule has 0 amide bonds. The highest BCUT2D eigenvalue weighted by atomic mass is 35.5. The summed E-state index contributed by atoms with van der Waals surface area (Å²) in [5, 5.41) is 9.14. The standard InChI is InChI=1S/C10H11Cl3O5/c1-16-5(14)4-9(15)6(11)7(12)10(8(9)13)17-2-3-18-10/h8,15H,2-4H2,1H3/t8-,9+/m1/s1. The molecule has 1 fully saturated rings. The van der Waals surface area contributed by atoms with E-state index in [0.717, 1.165) is 0 Å². The number of carbonyl (C=O) groups is 1. The Bertz CT molecular complexity index is 404. The van der Waals surface area contributed by atoms with Crippen LogP contribution in [0.4, 0.5) is 0 Å². The highest BCUT2D eigenvalue weighted by Crippen LogP contribution is 2.54. The van der Waals surface area contributed by atoms with Crippen LogP contribution in [0.1, 0.15) is 6.42 Å². The van der Waals surface area contributed by atoms with Crippen molar-refractivity contribution in [3.63, 3.8) is 0 Å². The fourth-order valence-corrected chi connectivity index (χ4v) is 3.26. The Labute approximate surface area is 119 Å². The first-order valence-corrected chi connectivity index (χ1v) is 6.35. The lowest BCUT2D eigenvalue weighted by molar-refractivity contribution is -0.153. The van der Waals surface area contributed by atoms with Crippen molar-refractivity contribution in [2.75, 3.05) is 20.3 Å². The van der Waals surface area contributed by atoms with Gasteiger partial charge in [-0.2, -0.15) is 0 Å². The smallest absolute Gasteiger partial charge is 0.308 e. The first-order chi connectivity index (χ1) is 8.38. The van der Waals surface area contributed by atoms with Gasteiger partial charge >= 0.3 is 5.97 Å². The van der Waals surface area contributed by atoms with E-state index in [1.54, 1.807) is 0 Å². The van der Waals surface area contributed by atoms with Crippen molar-refractivity contribution < 1.29 is 24.1 Å². The van der Waals surface area contributed by atoms with Gasteiger partial charge in [-0.05, 0) is 0 Å². The third-order valence-electron chi connectivity index (χ3n) is 2.99. The molecule has 1 aliphatic carbocycles. The molecule has 5 nitrogen and oxygen atoms in total. The van der Waals surface area contributed by atoms with Crippen LogP contribution in [-0.2, 0) is 19.0 Å². The van der Waals surface area contributed by atoms with Crippen LogP contribution in [0.25, 0.3) is 0 Å². The van der Waals surface area contributed by atoms with Crippen LogP contribution in [0.3, 0.4) is 0 Å². The van der Waals surface area contributed by atoms with Crippen LogP contribution in [-0.4, -0.2) is 48.2 Å². The van der Waals surface area contributed by atoms with E-state index in [-0.39, 0.29) is 23.3 Å². The van der Waals surface area contributed by atoms with Crippen LogP contribution < -0.4 is 0 Å². The molecule has 2 rings (SSSR count). The number of methoxy groups -OCH3 is 1. The lowest BCUT2D eigenvalue weighted by atomic mass is 9.97. The summed E-state index contributed by atoms with van der Waals surface area (Å²) < 4.78 is 15.2. The summed E-state index contributed by atoms with van der Waals surface area (Å²) in [5.41, 5.74) is -1.86. The molecule has 0 aromatic heterocycles. The first-order valence-electron chi connectivity index (χ1n) is 5.16. The number of hydrogen-bond donors (Lipinski definition) is 1. The van der Waals surface area contributed by atoms with Crippen molar-refractivity contribution >= 4 is 40.8 Å². The van der Waals surface area contributed by atoms with Crippen molar-refractivity contribution in [3.05, 3.63) is 10.1 Å². The molecule has 102 valence electrons. The Hall–Kier alpha value is -0.0400. The SMILES string of the molecule is COC(=O)C[C@]1(O)C(Cl)=C(Cl)C2(OCCO2)[C@@H]1Cl. The number of aliphatic hydroxyl groups is 1. The van der Waals surface area contributed by atoms with Crippen LogP contribution >= 0.6 is 34.8 Å². The lowest BCUT2D eigenvalue weighted by Gasteiger charge is -2.32. The van der Waals surface area contributed by atoms with E-state index in [4.69, 9.17) is 44.3 Å². The van der Waals surface area contributed by atoms with Gasteiger partial charge in [-0.1, -0.05) is 23.2 Å². The molecule has 18 heavy (non-hydrogen) atoms. The zero-order chi connectivity index (χ0) is 13.6. The maximum absolute atomic E-state index is 11.3. The second-order valence-electron chi connectivity index (χ2n) is 4.03. The van der Waals surface area contributed by atoms with Gasteiger partial charge in [0.1, 0.15) is 11.0 Å². The molecule has 0 saturated carbocycles. The highest BCUT2D eigenvalue weighted by molar-refractivity contribution is 6.43. The minimum atomic E-state index is -1.86. The maximum Gasteiger partial charge on any atom is 0.308 e. The van der Waals surface area contributed by atoms with E-state index >= 15 is 0 Å². The molecular weight excluding hydrogens is 306 g/mol. The molecule has 0 aromatic carbocycles. The van der Waals surface area contributed by atoms with Gasteiger partial charge in [0, 0.05) is 0 Å². The van der Waals surface area contributed by atoms with Gasteiger partial charge in [0.05, 0.1) is 36.8 Å². The number of hydrogen-bond acceptors (Lipinski definition) is 5. The topological polar surface area (TPSA) is 65.0 Å². The Kier molecular flexibility index (Phi) is 3.84. The summed E-state index contributed by atoms with van der Waals surface area (Å²) in [4.78, 5) is 11.3. The number of rotatable bonds is 2. The molecule has 0 bridgehead atoms. The van der Waals surface area contributed by atoms with Crippen molar-refractivity contribution in [3.8, 4) is 0 Å². The van der Waals surface area contributed by atoms with E-state index in [0.29, 0.717) is 0 Å². The van der Waals surface area contributed by atoms with Crippen molar-refractivity contribution in [1.29, 1.82) is 0 Å². The minimum Gasteiger partial charge on any atom is -0.469 e. The highest BCUT2D eigenvalue weighted by Gasteiger charge is 2.65. The number of carbonyl (C=O) groups excluding carboxylic acids is 1. The van der Waals surface area contributed by atoms with E-state index in [1.807, 2.05) is 0 Å². The van der Waals surface area contributed by atoms with Gasteiger partial charge < -0.3 is 19.3 Å². The average molecular weight is 318 g/mol. The van der Waals surface area contributed by atoms with Crippen LogP contribution in [0.5, 0.6) is 0 Å². The van der Waals surface area contributed by atoms with Crippen molar-refractivity contribution in [2.45, 2.75) is 23.2 Å². The molecule has 1 spiro atoms. The number of esters is 1. The monoisotopic (exact) mass is 316 g/mol. The number of alkyl halides is 1. The molecule has 0 radical (unpaired) electrons. The lowest BCUT2D eigenvalue weighted by Crippen LogP contribution is -2.49. The molecule has 0 aromatic rings. The molecule has 1 aliphatic heterocycles. The largest absolute Gasteiger partial charge is 0.469 e. The van der Waals surface area contributed by atoms with Crippen LogP contribution in [0, 0.1) is 0 Å². The van der Waals surface area contributed by atoms with E-state index in [1.165, 1.54) is 7.11 Å². The maximum atomic E-state index is 11.3. The molecule has 2 atom stereocenters. The van der Waals surface area contributed by atoms with Crippen molar-refractivity contribution in [1.82, 2.24) is 0 Å². The predicted octanol–water partition coefficient (Wildman–Crippen LogP) is 1.33. The average Bonchev–Trinajstić information content (AvgIpc) is 2.89. The minimum absolute atomic E-state index is 0.0342. The molecular formula is C10H11Cl3O5. The molecule has 2 aliphatic rings. The number of ether oxygens (including phenoxy) is 3.